The predicted molar refractivity (Wildman–Crippen MR) is 112 cm³/mol. The van der Waals surface area contributed by atoms with Crippen molar-refractivity contribution in [1.29, 1.82) is 5.41 Å². The fourth-order valence-corrected chi connectivity index (χ4v) is 3.60. The van der Waals surface area contributed by atoms with Crippen LogP contribution in [0.25, 0.3) is 0 Å². The van der Waals surface area contributed by atoms with Crippen molar-refractivity contribution in [3.63, 3.8) is 0 Å². The minimum Gasteiger partial charge on any atom is -0.443 e. The van der Waals surface area contributed by atoms with E-state index in [2.05, 4.69) is 15.6 Å². The number of thiazole rings is 1. The number of nitrogens with one attached hydrogen (secondary N) is 3. The number of carbonyl (C=O) groups is 1. The van der Waals surface area contributed by atoms with E-state index in [4.69, 9.17) is 15.9 Å². The number of hydrogen-bond donors (Lipinski definition) is 4. The average molecular weight is 422 g/mol. The Morgan fingerprint density at radius 3 is 3.03 bits per heavy atom. The molecular weight excluding hydrogens is 397 g/mol. The number of rotatable bonds is 10. The minimum absolute atomic E-state index is 0.266. The van der Waals surface area contributed by atoms with Gasteiger partial charge in [0, 0.05) is 31.6 Å². The Bertz CT molecular complexity index is 862. The summed E-state index contributed by atoms with van der Waals surface area (Å²) in [6, 6.07) is 4.51. The monoisotopic (exact) mass is 421 g/mol. The number of hydrogen-bond acceptors (Lipinski definition) is 8. The number of halogens is 1. The molecule has 0 spiro atoms. The van der Waals surface area contributed by atoms with Crippen molar-refractivity contribution >= 4 is 40.3 Å². The van der Waals surface area contributed by atoms with Crippen molar-refractivity contribution in [2.45, 2.75) is 12.6 Å². The highest BCUT2D eigenvalue weighted by Gasteiger charge is 2.32. The van der Waals surface area contributed by atoms with Crippen LogP contribution in [0.3, 0.4) is 0 Å². The molecule has 1 aromatic heterocycles. The summed E-state index contributed by atoms with van der Waals surface area (Å²) in [6.45, 7) is 2.36. The number of nitrogens with two attached hydrogens (primary N) is 1. The summed E-state index contributed by atoms with van der Waals surface area (Å²) in [5, 5.41) is 16.2. The highest BCUT2D eigenvalue weighted by atomic mass is 32.1. The summed E-state index contributed by atoms with van der Waals surface area (Å²) in [7, 11) is 1.78. The number of nitrogen functional groups attached to an aromatic ring is 1. The maximum atomic E-state index is 14.7. The lowest BCUT2D eigenvalue weighted by atomic mass is 10.2. The first-order chi connectivity index (χ1) is 14.0. The Kier molecular flexibility index (Phi) is 6.96. The normalized spacial score (nSPS) is 16.1. The van der Waals surface area contributed by atoms with Gasteiger partial charge in [0.05, 0.1) is 30.0 Å². The molecule has 1 aliphatic heterocycles. The number of amides is 1. The zero-order valence-electron chi connectivity index (χ0n) is 16.0. The predicted octanol–water partition coefficient (Wildman–Crippen LogP) is 1.61. The van der Waals surface area contributed by atoms with Gasteiger partial charge in [-0.25, -0.2) is 14.2 Å². The van der Waals surface area contributed by atoms with Crippen molar-refractivity contribution in [2.75, 3.05) is 48.8 Å². The van der Waals surface area contributed by atoms with Gasteiger partial charge in [0.25, 0.3) is 0 Å². The van der Waals surface area contributed by atoms with Crippen LogP contribution in [-0.2, 0) is 11.3 Å². The van der Waals surface area contributed by atoms with Gasteiger partial charge in [-0.15, -0.1) is 11.3 Å². The second-order valence-electron chi connectivity index (χ2n) is 6.49. The maximum Gasteiger partial charge on any atom is 0.414 e. The van der Waals surface area contributed by atoms with Gasteiger partial charge in [0.2, 0.25) is 0 Å². The number of benzene rings is 1. The Hall–Kier alpha value is -2.76. The molecule has 1 saturated heterocycles. The number of carbonyl (C=O) groups excluding carboxylic acids is 1. The van der Waals surface area contributed by atoms with E-state index in [9.17, 15) is 9.18 Å². The number of nitrogens with zero attached hydrogens (tertiary/aromatic N) is 3. The smallest absolute Gasteiger partial charge is 0.414 e. The third-order valence-electron chi connectivity index (χ3n) is 4.42. The van der Waals surface area contributed by atoms with Gasteiger partial charge in [-0.05, 0) is 25.2 Å². The number of ether oxygens (including phenoxy) is 1. The average Bonchev–Trinajstić information content (AvgIpc) is 3.28. The fraction of sp³-hybridized carbons (Fsp3) is 0.389. The summed E-state index contributed by atoms with van der Waals surface area (Å²) in [5.41, 5.74) is 7.14. The van der Waals surface area contributed by atoms with E-state index in [0.29, 0.717) is 43.5 Å². The van der Waals surface area contributed by atoms with Crippen LogP contribution in [0, 0.1) is 11.2 Å². The topological polar surface area (TPSA) is 120 Å². The third kappa shape index (κ3) is 5.19. The van der Waals surface area contributed by atoms with Crippen LogP contribution in [0.4, 0.5) is 25.7 Å². The Morgan fingerprint density at radius 1 is 1.55 bits per heavy atom. The van der Waals surface area contributed by atoms with Gasteiger partial charge >= 0.3 is 6.09 Å². The van der Waals surface area contributed by atoms with Gasteiger partial charge in [0.15, 0.2) is 5.13 Å². The van der Waals surface area contributed by atoms with Crippen molar-refractivity contribution in [2.24, 2.45) is 0 Å². The van der Waals surface area contributed by atoms with E-state index in [1.165, 1.54) is 27.2 Å². The fourth-order valence-electron chi connectivity index (χ4n) is 3.04. The van der Waals surface area contributed by atoms with Gasteiger partial charge in [-0.1, -0.05) is 0 Å². The maximum absolute atomic E-state index is 14.7. The first kappa shape index (κ1) is 21.0. The third-order valence-corrected chi connectivity index (χ3v) is 5.14. The molecule has 0 radical (unpaired) electrons. The zero-order chi connectivity index (χ0) is 20.8. The molecule has 1 unspecified atom stereocenters. The standard InChI is InChI=1S/C18H24FN7O2S/c1-22-8-14-9-26(18(27)28-14)13-2-3-16(15(19)6-13)25(11-20)5-4-23-7-12-10-29-17(21)24-12/h2-3,6,10-11,14,20,22-23H,4-5,7-9H2,1H3,(H2,21,24). The molecule has 0 saturated carbocycles. The molecule has 5 N–H and O–H groups in total. The van der Waals surface area contributed by atoms with Gasteiger partial charge in [-0.3, -0.25) is 10.3 Å². The largest absolute Gasteiger partial charge is 0.443 e. The van der Waals surface area contributed by atoms with Crippen LogP contribution < -0.4 is 26.2 Å². The van der Waals surface area contributed by atoms with Crippen LogP contribution in [0.1, 0.15) is 5.69 Å². The molecule has 1 aliphatic rings. The SMILES string of the molecule is CNCC1CN(c2ccc(N(C=N)CCNCc3csc(N)n3)c(F)c2)C(=O)O1. The summed E-state index contributed by atoms with van der Waals surface area (Å²) in [4.78, 5) is 19.1. The molecular formula is C18H24FN7O2S. The van der Waals surface area contributed by atoms with Crippen LogP contribution in [0.15, 0.2) is 23.6 Å². The zero-order valence-corrected chi connectivity index (χ0v) is 16.8. The molecule has 3 rings (SSSR count). The lowest BCUT2D eigenvalue weighted by molar-refractivity contribution is 0.141. The molecule has 1 atom stereocenters. The van der Waals surface area contributed by atoms with E-state index in [-0.39, 0.29) is 11.8 Å². The summed E-state index contributed by atoms with van der Waals surface area (Å²) in [5.74, 6) is -0.511. The lowest BCUT2D eigenvalue weighted by Gasteiger charge is -2.21. The second kappa shape index (κ2) is 9.63. The minimum atomic E-state index is -0.511. The molecule has 0 aliphatic carbocycles. The molecule has 1 fully saturated rings. The first-order valence-corrected chi connectivity index (χ1v) is 10.00. The number of likely N-dealkylation sites (N-methyl/N-ethyl adjacent to an activating group) is 1. The van der Waals surface area contributed by atoms with Crippen LogP contribution in [0.2, 0.25) is 0 Å². The first-order valence-electron chi connectivity index (χ1n) is 9.12. The Balaban J connectivity index is 1.59. The highest BCUT2D eigenvalue weighted by Crippen LogP contribution is 2.27. The molecule has 2 aromatic rings. The molecule has 0 bridgehead atoms. The van der Waals surface area contributed by atoms with Crippen LogP contribution in [0.5, 0.6) is 0 Å². The Labute approximate surface area is 172 Å². The molecule has 9 nitrogen and oxygen atoms in total. The molecule has 156 valence electrons. The van der Waals surface area contributed by atoms with Crippen LogP contribution in [-0.4, -0.2) is 56.7 Å². The van der Waals surface area contributed by atoms with Gasteiger partial charge in [0.1, 0.15) is 11.9 Å². The molecule has 2 heterocycles. The van der Waals surface area contributed by atoms with E-state index in [1.54, 1.807) is 19.2 Å². The van der Waals surface area contributed by atoms with E-state index >= 15 is 0 Å². The highest BCUT2D eigenvalue weighted by molar-refractivity contribution is 7.13. The second-order valence-corrected chi connectivity index (χ2v) is 7.38. The van der Waals surface area contributed by atoms with E-state index in [1.807, 2.05) is 5.38 Å². The van der Waals surface area contributed by atoms with Crippen molar-refractivity contribution in [1.82, 2.24) is 15.6 Å². The Morgan fingerprint density at radius 2 is 2.38 bits per heavy atom. The lowest BCUT2D eigenvalue weighted by Crippen LogP contribution is -2.32. The number of aromatic nitrogens is 1. The van der Waals surface area contributed by atoms with Gasteiger partial charge in [-0.2, -0.15) is 0 Å². The van der Waals surface area contributed by atoms with Crippen molar-refractivity contribution in [3.05, 3.63) is 35.1 Å². The van der Waals surface area contributed by atoms with Crippen LogP contribution >= 0.6 is 11.3 Å². The summed E-state index contributed by atoms with van der Waals surface area (Å²) < 4.78 is 20.0. The van der Waals surface area contributed by atoms with Crippen molar-refractivity contribution < 1.29 is 13.9 Å². The van der Waals surface area contributed by atoms with Gasteiger partial charge < -0.3 is 26.0 Å². The van der Waals surface area contributed by atoms with E-state index < -0.39 is 11.9 Å². The number of anilines is 3. The molecule has 1 aromatic carbocycles. The quantitative estimate of drug-likeness (QED) is 0.261. The molecule has 1 amide bonds. The molecule has 11 heteroatoms. The van der Waals surface area contributed by atoms with E-state index in [0.717, 1.165) is 12.0 Å². The number of cyclic esters (lactones) is 1. The van der Waals surface area contributed by atoms with Crippen molar-refractivity contribution in [3.8, 4) is 0 Å². The summed E-state index contributed by atoms with van der Waals surface area (Å²) in [6.07, 6.45) is 0.314. The summed E-state index contributed by atoms with van der Waals surface area (Å²) >= 11 is 1.38. The molecule has 29 heavy (non-hydrogen) atoms.